The van der Waals surface area contributed by atoms with Gasteiger partial charge in [-0.05, 0) is 65.2 Å². The summed E-state index contributed by atoms with van der Waals surface area (Å²) in [6, 6.07) is 1.20. The lowest BCUT2D eigenvalue weighted by Gasteiger charge is -2.37. The molecule has 2 fully saturated rings. The lowest BCUT2D eigenvalue weighted by Crippen LogP contribution is -2.48. The van der Waals surface area contributed by atoms with Crippen molar-refractivity contribution in [2.75, 3.05) is 13.1 Å². The highest BCUT2D eigenvalue weighted by Crippen LogP contribution is 2.35. The summed E-state index contributed by atoms with van der Waals surface area (Å²) in [5, 5.41) is 3.79. The van der Waals surface area contributed by atoms with Gasteiger partial charge in [0.25, 0.3) is 0 Å². The summed E-state index contributed by atoms with van der Waals surface area (Å²) >= 11 is 0. The summed E-state index contributed by atoms with van der Waals surface area (Å²) in [5.41, 5.74) is -0.407. The Morgan fingerprint density at radius 2 is 2.14 bits per heavy atom. The Morgan fingerprint density at radius 1 is 1.41 bits per heavy atom. The molecule has 0 spiro atoms. The molecule has 1 heterocycles. The molecule has 0 aromatic heterocycles. The van der Waals surface area contributed by atoms with Gasteiger partial charge in [-0.1, -0.05) is 13.3 Å². The average Bonchev–Trinajstić information content (AvgIpc) is 3.15. The number of amides is 1. The number of hydrogen-bond donors (Lipinski definition) is 1. The van der Waals surface area contributed by atoms with Crippen LogP contribution < -0.4 is 5.32 Å². The van der Waals surface area contributed by atoms with E-state index in [1.54, 1.807) is 0 Å². The largest absolute Gasteiger partial charge is 0.444 e. The van der Waals surface area contributed by atoms with E-state index in [9.17, 15) is 4.79 Å². The number of carbonyl (C=O) groups is 1. The second kappa shape index (κ2) is 7.20. The van der Waals surface area contributed by atoms with Gasteiger partial charge >= 0.3 is 6.09 Å². The fourth-order valence-electron chi connectivity index (χ4n) is 3.53. The van der Waals surface area contributed by atoms with Gasteiger partial charge in [0.05, 0.1) is 0 Å². The van der Waals surface area contributed by atoms with E-state index in [1.807, 2.05) is 25.7 Å². The quantitative estimate of drug-likeness (QED) is 0.840. The van der Waals surface area contributed by atoms with Crippen LogP contribution in [0.25, 0.3) is 0 Å². The first-order valence-corrected chi connectivity index (χ1v) is 9.04. The van der Waals surface area contributed by atoms with E-state index in [1.165, 1.54) is 25.7 Å². The maximum Gasteiger partial charge on any atom is 0.410 e. The van der Waals surface area contributed by atoms with E-state index in [0.29, 0.717) is 18.0 Å². The zero-order valence-corrected chi connectivity index (χ0v) is 15.0. The van der Waals surface area contributed by atoms with E-state index < -0.39 is 5.60 Å². The number of nitrogens with one attached hydrogen (secondary N) is 1. The molecular formula is C18H34N2O2. The Morgan fingerprint density at radius 3 is 2.77 bits per heavy atom. The number of rotatable bonds is 5. The van der Waals surface area contributed by atoms with Crippen LogP contribution in [-0.4, -0.2) is 41.8 Å². The molecule has 4 atom stereocenters. The molecule has 0 aromatic carbocycles. The van der Waals surface area contributed by atoms with E-state index in [-0.39, 0.29) is 6.09 Å². The molecule has 1 amide bonds. The highest BCUT2D eigenvalue weighted by Gasteiger charge is 2.38. The molecule has 2 rings (SSSR count). The molecule has 1 saturated carbocycles. The van der Waals surface area contributed by atoms with Crippen molar-refractivity contribution in [1.82, 2.24) is 10.2 Å². The standard InChI is InChI=1S/C18H34N2O2/c1-6-8-14-11-16(14)19-13(2)15-9-7-10-20(12-15)17(21)22-18(3,4)5/h13-16,19H,6-12H2,1-5H3. The van der Waals surface area contributed by atoms with Gasteiger partial charge in [0.2, 0.25) is 0 Å². The topological polar surface area (TPSA) is 41.6 Å². The second-order valence-electron chi connectivity index (χ2n) is 8.17. The smallest absolute Gasteiger partial charge is 0.410 e. The highest BCUT2D eigenvalue weighted by molar-refractivity contribution is 5.68. The number of likely N-dealkylation sites (tertiary alicyclic amines) is 1. The Balaban J connectivity index is 1.79. The van der Waals surface area contributed by atoms with E-state index in [4.69, 9.17) is 4.74 Å². The van der Waals surface area contributed by atoms with Crippen LogP contribution in [0.4, 0.5) is 4.79 Å². The van der Waals surface area contributed by atoms with Crippen LogP contribution >= 0.6 is 0 Å². The van der Waals surface area contributed by atoms with Gasteiger partial charge in [-0.3, -0.25) is 0 Å². The van der Waals surface area contributed by atoms with Gasteiger partial charge in [-0.2, -0.15) is 0 Å². The van der Waals surface area contributed by atoms with E-state index in [0.717, 1.165) is 25.4 Å². The minimum absolute atomic E-state index is 0.153. The fraction of sp³-hybridized carbons (Fsp3) is 0.944. The third-order valence-corrected chi connectivity index (χ3v) is 4.88. The van der Waals surface area contributed by atoms with Crippen LogP contribution in [-0.2, 0) is 4.74 Å². The van der Waals surface area contributed by atoms with Crippen LogP contribution in [0.3, 0.4) is 0 Å². The molecule has 1 aliphatic heterocycles. The Bertz CT molecular complexity index is 378. The van der Waals surface area contributed by atoms with E-state index in [2.05, 4.69) is 19.2 Å². The first-order chi connectivity index (χ1) is 10.3. The SMILES string of the molecule is CCCC1CC1NC(C)C1CCCN(C(=O)OC(C)(C)C)C1. The molecule has 0 radical (unpaired) electrons. The van der Waals surface area contributed by atoms with Gasteiger partial charge in [0, 0.05) is 25.2 Å². The third kappa shape index (κ3) is 5.15. The van der Waals surface area contributed by atoms with Gasteiger partial charge < -0.3 is 15.0 Å². The van der Waals surface area contributed by atoms with Gasteiger partial charge in [-0.25, -0.2) is 4.79 Å². The van der Waals surface area contributed by atoms with Crippen molar-refractivity contribution in [3.05, 3.63) is 0 Å². The van der Waals surface area contributed by atoms with Crippen molar-refractivity contribution in [2.45, 2.75) is 84.4 Å². The summed E-state index contributed by atoms with van der Waals surface area (Å²) in [7, 11) is 0. The van der Waals surface area contributed by atoms with Crippen LogP contribution in [0.1, 0.15) is 66.7 Å². The average molecular weight is 310 g/mol. The van der Waals surface area contributed by atoms with Gasteiger partial charge in [0.15, 0.2) is 0 Å². The maximum absolute atomic E-state index is 12.2. The van der Waals surface area contributed by atoms with Gasteiger partial charge in [0.1, 0.15) is 5.60 Å². The van der Waals surface area contributed by atoms with Gasteiger partial charge in [-0.15, -0.1) is 0 Å². The molecular weight excluding hydrogens is 276 g/mol. The number of carbonyl (C=O) groups excluding carboxylic acids is 1. The van der Waals surface area contributed by atoms with Crippen LogP contribution in [0.2, 0.25) is 0 Å². The highest BCUT2D eigenvalue weighted by atomic mass is 16.6. The molecule has 1 aliphatic carbocycles. The lowest BCUT2D eigenvalue weighted by molar-refractivity contribution is 0.0148. The minimum atomic E-state index is -0.407. The van der Waals surface area contributed by atoms with Crippen molar-refractivity contribution in [3.63, 3.8) is 0 Å². The normalized spacial score (nSPS) is 30.0. The predicted octanol–water partition coefficient (Wildman–Crippen LogP) is 3.80. The molecule has 4 nitrogen and oxygen atoms in total. The molecule has 4 unspecified atom stereocenters. The molecule has 128 valence electrons. The summed E-state index contributed by atoms with van der Waals surface area (Å²) in [6.45, 7) is 12.0. The zero-order valence-electron chi connectivity index (χ0n) is 15.0. The first kappa shape index (κ1) is 17.6. The number of piperidine rings is 1. The molecule has 4 heteroatoms. The Hall–Kier alpha value is -0.770. The molecule has 1 saturated heterocycles. The van der Waals surface area contributed by atoms with E-state index >= 15 is 0 Å². The van der Waals surface area contributed by atoms with Crippen LogP contribution in [0, 0.1) is 11.8 Å². The summed E-state index contributed by atoms with van der Waals surface area (Å²) in [4.78, 5) is 14.1. The maximum atomic E-state index is 12.2. The number of nitrogens with zero attached hydrogens (tertiary/aromatic N) is 1. The summed E-state index contributed by atoms with van der Waals surface area (Å²) in [6.07, 6.45) is 6.10. The number of ether oxygens (including phenoxy) is 1. The van der Waals surface area contributed by atoms with Crippen molar-refractivity contribution < 1.29 is 9.53 Å². The number of hydrogen-bond acceptors (Lipinski definition) is 3. The monoisotopic (exact) mass is 310 g/mol. The first-order valence-electron chi connectivity index (χ1n) is 9.04. The van der Waals surface area contributed by atoms with Crippen LogP contribution in [0.15, 0.2) is 0 Å². The Labute approximate surface area is 136 Å². The zero-order chi connectivity index (χ0) is 16.3. The Kier molecular flexibility index (Phi) is 5.76. The summed E-state index contributed by atoms with van der Waals surface area (Å²) < 4.78 is 5.51. The van der Waals surface area contributed by atoms with Crippen molar-refractivity contribution in [2.24, 2.45) is 11.8 Å². The molecule has 1 N–H and O–H groups in total. The third-order valence-electron chi connectivity index (χ3n) is 4.88. The van der Waals surface area contributed by atoms with Crippen molar-refractivity contribution >= 4 is 6.09 Å². The minimum Gasteiger partial charge on any atom is -0.444 e. The molecule has 2 aliphatic rings. The van der Waals surface area contributed by atoms with Crippen LogP contribution in [0.5, 0.6) is 0 Å². The molecule has 0 bridgehead atoms. The lowest BCUT2D eigenvalue weighted by atomic mass is 9.91. The van der Waals surface area contributed by atoms with Crippen molar-refractivity contribution in [3.8, 4) is 0 Å². The summed E-state index contributed by atoms with van der Waals surface area (Å²) in [5.74, 6) is 1.43. The predicted molar refractivity (Wildman–Crippen MR) is 89.9 cm³/mol. The van der Waals surface area contributed by atoms with Crippen molar-refractivity contribution in [1.29, 1.82) is 0 Å². The molecule has 0 aromatic rings. The molecule has 22 heavy (non-hydrogen) atoms. The second-order valence-corrected chi connectivity index (χ2v) is 8.17. The fourth-order valence-corrected chi connectivity index (χ4v) is 3.53.